The summed E-state index contributed by atoms with van der Waals surface area (Å²) in [6.07, 6.45) is 7.28. The largest absolute Gasteiger partial charge is 0.505 e. The van der Waals surface area contributed by atoms with Gasteiger partial charge in [-0.2, -0.15) is 0 Å². The molecule has 1 aliphatic heterocycles. The predicted molar refractivity (Wildman–Crippen MR) is 74.6 cm³/mol. The monoisotopic (exact) mass is 289 g/mol. The number of nitrogens with one attached hydrogen (secondary N) is 2. The number of amides is 1. The molecule has 1 amide bonds. The number of carboxylic acids is 1. The van der Waals surface area contributed by atoms with Crippen LogP contribution in [0.25, 0.3) is 0 Å². The Morgan fingerprint density at radius 1 is 1.38 bits per heavy atom. The first-order valence-electron chi connectivity index (χ1n) is 6.25. The first-order chi connectivity index (χ1) is 9.92. The third-order valence-corrected chi connectivity index (χ3v) is 3.04. The van der Waals surface area contributed by atoms with Crippen LogP contribution in [-0.2, 0) is 10.3 Å². The average Bonchev–Trinajstić information content (AvgIpc) is 2.45. The van der Waals surface area contributed by atoms with Gasteiger partial charge in [-0.25, -0.2) is 4.98 Å². The number of dihydropyridines is 1. The van der Waals surface area contributed by atoms with Crippen molar-refractivity contribution in [3.05, 3.63) is 47.9 Å². The molecule has 0 aliphatic carbocycles. The Morgan fingerprint density at radius 2 is 2.14 bits per heavy atom. The maximum absolute atomic E-state index is 11.9. The van der Waals surface area contributed by atoms with Gasteiger partial charge in [0.25, 0.3) is 5.91 Å². The van der Waals surface area contributed by atoms with Crippen molar-refractivity contribution < 1.29 is 19.8 Å². The number of carbonyl (C=O) groups is 2. The van der Waals surface area contributed by atoms with Gasteiger partial charge in [0.05, 0.1) is 11.2 Å². The van der Waals surface area contributed by atoms with E-state index in [2.05, 4.69) is 15.6 Å². The molecule has 2 heterocycles. The second kappa shape index (κ2) is 5.66. The molecule has 1 aliphatic rings. The van der Waals surface area contributed by atoms with E-state index >= 15 is 0 Å². The summed E-state index contributed by atoms with van der Waals surface area (Å²) < 4.78 is 0. The van der Waals surface area contributed by atoms with Crippen molar-refractivity contribution in [1.82, 2.24) is 15.6 Å². The van der Waals surface area contributed by atoms with Gasteiger partial charge in [-0.1, -0.05) is 12.2 Å². The van der Waals surface area contributed by atoms with E-state index in [9.17, 15) is 14.7 Å². The van der Waals surface area contributed by atoms with Crippen LogP contribution in [0.15, 0.2) is 36.6 Å². The molecule has 4 N–H and O–H groups in total. The number of carbonyl (C=O) groups excluding carboxylic acids is 1. The van der Waals surface area contributed by atoms with Crippen molar-refractivity contribution in [2.45, 2.75) is 12.5 Å². The Bertz CT molecular complexity index is 639. The van der Waals surface area contributed by atoms with E-state index < -0.39 is 24.0 Å². The fraction of sp³-hybridized carbons (Fsp3) is 0.214. The van der Waals surface area contributed by atoms with Gasteiger partial charge < -0.3 is 20.8 Å². The summed E-state index contributed by atoms with van der Waals surface area (Å²) in [6, 6.07) is 2.96. The van der Waals surface area contributed by atoms with Crippen LogP contribution in [0.3, 0.4) is 0 Å². The number of hydrogen-bond donors (Lipinski definition) is 4. The number of nitrogens with zero attached hydrogens (tertiary/aromatic N) is 1. The fourth-order valence-electron chi connectivity index (χ4n) is 1.88. The lowest BCUT2D eigenvalue weighted by Gasteiger charge is -2.28. The molecular formula is C14H15N3O4. The van der Waals surface area contributed by atoms with Crippen molar-refractivity contribution in [1.29, 1.82) is 0 Å². The van der Waals surface area contributed by atoms with Crippen LogP contribution in [0.5, 0.6) is 5.75 Å². The highest BCUT2D eigenvalue weighted by Gasteiger charge is 2.26. The first-order valence-corrected chi connectivity index (χ1v) is 6.25. The molecule has 0 radical (unpaired) electrons. The minimum Gasteiger partial charge on any atom is -0.505 e. The molecule has 7 nitrogen and oxygen atoms in total. The normalized spacial score (nSPS) is 19.9. The summed E-state index contributed by atoms with van der Waals surface area (Å²) in [5.41, 5.74) is -0.286. The van der Waals surface area contributed by atoms with Gasteiger partial charge in [-0.05, 0) is 31.3 Å². The molecular weight excluding hydrogens is 274 g/mol. The number of rotatable bonds is 4. The number of hydrogen-bond acceptors (Lipinski definition) is 5. The molecule has 0 aromatic carbocycles. The van der Waals surface area contributed by atoms with Crippen LogP contribution in [0.2, 0.25) is 0 Å². The molecule has 0 spiro atoms. The van der Waals surface area contributed by atoms with E-state index in [-0.39, 0.29) is 11.4 Å². The molecule has 1 unspecified atom stereocenters. The quantitative estimate of drug-likeness (QED) is 0.642. The Kier molecular flexibility index (Phi) is 3.93. The lowest BCUT2D eigenvalue weighted by Crippen LogP contribution is -2.37. The maximum Gasteiger partial charge on any atom is 0.322 e. The number of allylic oxidation sites excluding steroid dienone is 2. The van der Waals surface area contributed by atoms with Crippen LogP contribution in [0.4, 0.5) is 0 Å². The minimum absolute atomic E-state index is 0.209. The Morgan fingerprint density at radius 3 is 2.76 bits per heavy atom. The van der Waals surface area contributed by atoms with Gasteiger partial charge >= 0.3 is 5.97 Å². The molecule has 1 aromatic rings. The zero-order chi connectivity index (χ0) is 15.5. The molecule has 1 aromatic heterocycles. The van der Waals surface area contributed by atoms with Crippen LogP contribution in [0.1, 0.15) is 23.1 Å². The van der Waals surface area contributed by atoms with Gasteiger partial charge in [0, 0.05) is 0 Å². The number of carboxylic acid groups (broad SMARTS) is 1. The van der Waals surface area contributed by atoms with Crippen LogP contribution in [0, 0.1) is 0 Å². The van der Waals surface area contributed by atoms with Crippen LogP contribution >= 0.6 is 0 Å². The van der Waals surface area contributed by atoms with Crippen molar-refractivity contribution >= 4 is 11.9 Å². The highest BCUT2D eigenvalue weighted by atomic mass is 16.4. The smallest absolute Gasteiger partial charge is 0.322 e. The molecule has 21 heavy (non-hydrogen) atoms. The topological polar surface area (TPSA) is 112 Å². The molecule has 0 saturated carbocycles. The average molecular weight is 289 g/mol. The molecule has 110 valence electrons. The predicted octanol–water partition coefficient (Wildman–Crippen LogP) is 0.490. The second-order valence-electron chi connectivity index (χ2n) is 4.71. The lowest BCUT2D eigenvalue weighted by molar-refractivity contribution is -0.135. The van der Waals surface area contributed by atoms with Crippen molar-refractivity contribution in [3.63, 3.8) is 0 Å². The summed E-state index contributed by atoms with van der Waals surface area (Å²) >= 11 is 0. The van der Waals surface area contributed by atoms with Gasteiger partial charge in [0.1, 0.15) is 12.3 Å². The van der Waals surface area contributed by atoms with E-state index in [1.807, 2.05) is 25.2 Å². The molecule has 1 atom stereocenters. The van der Waals surface area contributed by atoms with Gasteiger partial charge in [-0.3, -0.25) is 9.59 Å². The Labute approximate surface area is 121 Å². The third kappa shape index (κ3) is 3.19. The van der Waals surface area contributed by atoms with E-state index in [0.717, 1.165) is 0 Å². The number of aromatic hydroxyl groups is 1. The van der Waals surface area contributed by atoms with E-state index in [0.29, 0.717) is 5.69 Å². The molecule has 7 heteroatoms. The van der Waals surface area contributed by atoms with E-state index in [4.69, 9.17) is 5.11 Å². The number of pyridine rings is 1. The zero-order valence-corrected chi connectivity index (χ0v) is 11.3. The highest BCUT2D eigenvalue weighted by molar-refractivity contribution is 5.96. The van der Waals surface area contributed by atoms with Crippen molar-refractivity contribution in [2.24, 2.45) is 0 Å². The Hall–Kier alpha value is -2.83. The highest BCUT2D eigenvalue weighted by Crippen LogP contribution is 2.25. The third-order valence-electron chi connectivity index (χ3n) is 3.04. The summed E-state index contributed by atoms with van der Waals surface area (Å²) in [5.74, 6) is -2.22. The summed E-state index contributed by atoms with van der Waals surface area (Å²) in [7, 11) is 0. The molecule has 0 bridgehead atoms. The standard InChI is InChI=1S/C14H15N3O4/c1-14(6-2-3-7-16-14)10-5-4-9(18)12(17-10)13(21)15-8-11(19)20/h2-7,16,18H,8H2,1H3,(H,15,21)(H,19,20). The molecule has 0 saturated heterocycles. The Balaban J connectivity index is 2.29. The van der Waals surface area contributed by atoms with Gasteiger partial charge in [0.2, 0.25) is 0 Å². The van der Waals surface area contributed by atoms with E-state index in [1.54, 1.807) is 12.3 Å². The van der Waals surface area contributed by atoms with Crippen molar-refractivity contribution in [3.8, 4) is 5.75 Å². The number of aliphatic carboxylic acids is 1. The fourth-order valence-corrected chi connectivity index (χ4v) is 1.88. The minimum atomic E-state index is -1.17. The van der Waals surface area contributed by atoms with Gasteiger partial charge in [-0.15, -0.1) is 0 Å². The lowest BCUT2D eigenvalue weighted by atomic mass is 9.94. The van der Waals surface area contributed by atoms with Gasteiger partial charge in [0.15, 0.2) is 5.69 Å². The van der Waals surface area contributed by atoms with Crippen LogP contribution in [-0.4, -0.2) is 33.6 Å². The summed E-state index contributed by atoms with van der Waals surface area (Å²) in [6.45, 7) is 1.33. The summed E-state index contributed by atoms with van der Waals surface area (Å²) in [5, 5.41) is 23.6. The summed E-state index contributed by atoms with van der Waals surface area (Å²) in [4.78, 5) is 26.5. The first kappa shape index (κ1) is 14.6. The second-order valence-corrected chi connectivity index (χ2v) is 4.71. The maximum atomic E-state index is 11.9. The SMILES string of the molecule is CC1(c2ccc(O)c(C(=O)NCC(=O)O)n2)C=CC=CN1. The number of aromatic nitrogens is 1. The van der Waals surface area contributed by atoms with E-state index in [1.165, 1.54) is 6.07 Å². The van der Waals surface area contributed by atoms with Crippen molar-refractivity contribution in [2.75, 3.05) is 6.54 Å². The molecule has 0 fully saturated rings. The zero-order valence-electron chi connectivity index (χ0n) is 11.3. The van der Waals surface area contributed by atoms with Crippen LogP contribution < -0.4 is 10.6 Å². The molecule has 2 rings (SSSR count).